The lowest BCUT2D eigenvalue weighted by molar-refractivity contribution is -0.126. The summed E-state index contributed by atoms with van der Waals surface area (Å²) in [6.45, 7) is 7.18. The van der Waals surface area contributed by atoms with Crippen LogP contribution in [0.15, 0.2) is 42.6 Å². The molecule has 1 amide bonds. The normalized spacial score (nSPS) is 16.9. The molecular weight excluding hydrogens is 222 g/mol. The minimum atomic E-state index is 0.242. The lowest BCUT2D eigenvalue weighted by atomic mass is 9.93. The van der Waals surface area contributed by atoms with Gasteiger partial charge in [-0.2, -0.15) is 0 Å². The SMILES string of the molecule is C=C([C@@H](CC)Cc1ccccc1)N1CCCC1=O. The van der Waals surface area contributed by atoms with E-state index in [2.05, 4.69) is 37.8 Å². The highest BCUT2D eigenvalue weighted by Gasteiger charge is 2.26. The first kappa shape index (κ1) is 12.9. The molecule has 0 radical (unpaired) electrons. The molecule has 0 aliphatic carbocycles. The highest BCUT2D eigenvalue weighted by Crippen LogP contribution is 2.26. The van der Waals surface area contributed by atoms with Crippen LogP contribution in [-0.2, 0) is 11.2 Å². The third-order valence-electron chi connectivity index (χ3n) is 3.71. The van der Waals surface area contributed by atoms with E-state index in [1.54, 1.807) is 0 Å². The van der Waals surface area contributed by atoms with E-state index in [1.165, 1.54) is 5.56 Å². The summed E-state index contributed by atoms with van der Waals surface area (Å²) in [7, 11) is 0. The van der Waals surface area contributed by atoms with Crippen LogP contribution >= 0.6 is 0 Å². The standard InChI is InChI=1S/C16H21NO/c1-3-15(12-14-8-5-4-6-9-14)13(2)17-11-7-10-16(17)18/h4-6,8-9,15H,2-3,7,10-12H2,1H3/t15-/m0/s1. The van der Waals surface area contributed by atoms with E-state index >= 15 is 0 Å². The molecule has 0 saturated carbocycles. The number of rotatable bonds is 5. The van der Waals surface area contributed by atoms with E-state index in [9.17, 15) is 4.79 Å². The van der Waals surface area contributed by atoms with Crippen molar-refractivity contribution in [1.82, 2.24) is 4.90 Å². The fourth-order valence-corrected chi connectivity index (χ4v) is 2.57. The van der Waals surface area contributed by atoms with Gasteiger partial charge in [0, 0.05) is 24.6 Å². The second kappa shape index (κ2) is 5.85. The molecule has 96 valence electrons. The Labute approximate surface area is 109 Å². The minimum Gasteiger partial charge on any atom is -0.317 e. The number of carbonyl (C=O) groups is 1. The zero-order chi connectivity index (χ0) is 13.0. The first-order valence-corrected chi connectivity index (χ1v) is 6.75. The van der Waals surface area contributed by atoms with Crippen LogP contribution in [0.3, 0.4) is 0 Å². The average Bonchev–Trinajstić information content (AvgIpc) is 2.82. The topological polar surface area (TPSA) is 20.3 Å². The van der Waals surface area contributed by atoms with Crippen molar-refractivity contribution in [2.45, 2.75) is 32.6 Å². The van der Waals surface area contributed by atoms with Gasteiger partial charge >= 0.3 is 0 Å². The summed E-state index contributed by atoms with van der Waals surface area (Å²) >= 11 is 0. The fourth-order valence-electron chi connectivity index (χ4n) is 2.57. The van der Waals surface area contributed by atoms with Crippen molar-refractivity contribution in [2.24, 2.45) is 5.92 Å². The predicted molar refractivity (Wildman–Crippen MR) is 74.0 cm³/mol. The second-order valence-electron chi connectivity index (χ2n) is 4.94. The summed E-state index contributed by atoms with van der Waals surface area (Å²) in [6, 6.07) is 10.4. The van der Waals surface area contributed by atoms with Crippen LogP contribution in [0.4, 0.5) is 0 Å². The van der Waals surface area contributed by atoms with Gasteiger partial charge in [0.05, 0.1) is 0 Å². The molecule has 0 aromatic heterocycles. The zero-order valence-electron chi connectivity index (χ0n) is 11.1. The van der Waals surface area contributed by atoms with Crippen molar-refractivity contribution in [3.05, 3.63) is 48.2 Å². The number of hydrogen-bond donors (Lipinski definition) is 0. The third kappa shape index (κ3) is 2.81. The molecule has 0 bridgehead atoms. The molecule has 1 aromatic carbocycles. The Kier molecular flexibility index (Phi) is 4.19. The number of amides is 1. The van der Waals surface area contributed by atoms with Crippen LogP contribution < -0.4 is 0 Å². The summed E-state index contributed by atoms with van der Waals surface area (Å²) in [5.41, 5.74) is 2.32. The van der Waals surface area contributed by atoms with Gasteiger partial charge in [0.15, 0.2) is 0 Å². The molecule has 1 atom stereocenters. The highest BCUT2D eigenvalue weighted by atomic mass is 16.2. The predicted octanol–water partition coefficient (Wildman–Crippen LogP) is 3.39. The number of carbonyl (C=O) groups excluding carboxylic acids is 1. The smallest absolute Gasteiger partial charge is 0.226 e. The van der Waals surface area contributed by atoms with Gasteiger partial charge in [0.25, 0.3) is 0 Å². The minimum absolute atomic E-state index is 0.242. The van der Waals surface area contributed by atoms with E-state index in [-0.39, 0.29) is 5.91 Å². The molecule has 0 spiro atoms. The van der Waals surface area contributed by atoms with Crippen molar-refractivity contribution in [1.29, 1.82) is 0 Å². The number of benzene rings is 1. The first-order valence-electron chi connectivity index (χ1n) is 6.75. The molecule has 0 N–H and O–H groups in total. The van der Waals surface area contributed by atoms with Crippen LogP contribution in [0.25, 0.3) is 0 Å². The Morgan fingerprint density at radius 2 is 2.11 bits per heavy atom. The molecular formula is C16H21NO. The van der Waals surface area contributed by atoms with Crippen LogP contribution in [0.2, 0.25) is 0 Å². The molecule has 1 fully saturated rings. The first-order chi connectivity index (χ1) is 8.72. The van der Waals surface area contributed by atoms with Crippen molar-refractivity contribution in [3.63, 3.8) is 0 Å². The summed E-state index contributed by atoms with van der Waals surface area (Å²) in [5.74, 6) is 0.612. The Hall–Kier alpha value is -1.57. The van der Waals surface area contributed by atoms with Crippen molar-refractivity contribution in [2.75, 3.05) is 6.54 Å². The maximum absolute atomic E-state index is 11.8. The van der Waals surface area contributed by atoms with Crippen molar-refractivity contribution >= 4 is 5.91 Å². The molecule has 0 unspecified atom stereocenters. The molecule has 1 aliphatic heterocycles. The van der Waals surface area contributed by atoms with Gasteiger partial charge in [-0.3, -0.25) is 4.79 Å². The highest BCUT2D eigenvalue weighted by molar-refractivity contribution is 5.79. The van der Waals surface area contributed by atoms with Gasteiger partial charge in [-0.1, -0.05) is 43.8 Å². The third-order valence-corrected chi connectivity index (χ3v) is 3.71. The Morgan fingerprint density at radius 3 is 2.67 bits per heavy atom. The van der Waals surface area contributed by atoms with E-state index in [4.69, 9.17) is 0 Å². The van der Waals surface area contributed by atoms with Gasteiger partial charge in [-0.05, 0) is 24.8 Å². The van der Waals surface area contributed by atoms with Gasteiger partial charge in [-0.15, -0.1) is 0 Å². The number of hydrogen-bond acceptors (Lipinski definition) is 1. The average molecular weight is 243 g/mol. The van der Waals surface area contributed by atoms with E-state index < -0.39 is 0 Å². The monoisotopic (exact) mass is 243 g/mol. The van der Waals surface area contributed by atoms with Crippen molar-refractivity contribution in [3.8, 4) is 0 Å². The zero-order valence-corrected chi connectivity index (χ0v) is 11.1. The number of likely N-dealkylation sites (tertiary alicyclic amines) is 1. The fraction of sp³-hybridized carbons (Fsp3) is 0.438. The summed E-state index contributed by atoms with van der Waals surface area (Å²) < 4.78 is 0. The molecule has 1 aromatic rings. The van der Waals surface area contributed by atoms with Gasteiger partial charge in [0.1, 0.15) is 0 Å². The maximum Gasteiger partial charge on any atom is 0.226 e. The molecule has 1 aliphatic rings. The van der Waals surface area contributed by atoms with Crippen molar-refractivity contribution < 1.29 is 4.79 Å². The largest absolute Gasteiger partial charge is 0.317 e. The lowest BCUT2D eigenvalue weighted by Crippen LogP contribution is -2.28. The molecule has 2 rings (SSSR count). The van der Waals surface area contributed by atoms with E-state index in [0.717, 1.165) is 31.5 Å². The maximum atomic E-state index is 11.8. The number of allylic oxidation sites excluding steroid dienone is 1. The van der Waals surface area contributed by atoms with Crippen LogP contribution in [0.1, 0.15) is 31.7 Å². The molecule has 1 saturated heterocycles. The molecule has 18 heavy (non-hydrogen) atoms. The molecule has 1 heterocycles. The Balaban J connectivity index is 2.04. The quantitative estimate of drug-likeness (QED) is 0.776. The van der Waals surface area contributed by atoms with Crippen LogP contribution in [0.5, 0.6) is 0 Å². The van der Waals surface area contributed by atoms with E-state index in [0.29, 0.717) is 12.3 Å². The molecule has 2 heteroatoms. The van der Waals surface area contributed by atoms with Gasteiger partial charge in [-0.25, -0.2) is 0 Å². The van der Waals surface area contributed by atoms with Crippen LogP contribution in [-0.4, -0.2) is 17.4 Å². The second-order valence-corrected chi connectivity index (χ2v) is 4.94. The summed E-state index contributed by atoms with van der Waals surface area (Å²) in [6.07, 6.45) is 3.65. The summed E-state index contributed by atoms with van der Waals surface area (Å²) in [4.78, 5) is 13.6. The van der Waals surface area contributed by atoms with Gasteiger partial charge in [0.2, 0.25) is 5.91 Å². The summed E-state index contributed by atoms with van der Waals surface area (Å²) in [5, 5.41) is 0. The van der Waals surface area contributed by atoms with Gasteiger partial charge < -0.3 is 4.90 Å². The Morgan fingerprint density at radius 1 is 1.39 bits per heavy atom. The molecule has 2 nitrogen and oxygen atoms in total. The Bertz CT molecular complexity index is 424. The lowest BCUT2D eigenvalue weighted by Gasteiger charge is -2.26. The van der Waals surface area contributed by atoms with Crippen LogP contribution in [0, 0.1) is 5.92 Å². The van der Waals surface area contributed by atoms with E-state index in [1.807, 2.05) is 11.0 Å². The number of nitrogens with zero attached hydrogens (tertiary/aromatic N) is 1.